The minimum Gasteiger partial charge on any atom is -0.477 e. The number of carboxylic acids is 1. The van der Waals surface area contributed by atoms with E-state index in [9.17, 15) is 19.5 Å². The molecule has 0 amide bonds. The van der Waals surface area contributed by atoms with Gasteiger partial charge in [-0.1, -0.05) is 307 Å². The molecule has 79 heavy (non-hydrogen) atoms. The molecule has 0 rings (SSSR count). The number of esters is 2. The third-order valence-electron chi connectivity index (χ3n) is 15.4. The first-order valence-electron chi connectivity index (χ1n) is 34.2. The molecule has 0 spiro atoms. The van der Waals surface area contributed by atoms with Gasteiger partial charge < -0.3 is 28.5 Å². The topological polar surface area (TPSA) is 108 Å². The van der Waals surface area contributed by atoms with Crippen molar-refractivity contribution in [1.29, 1.82) is 0 Å². The maximum absolute atomic E-state index is 12.9. The summed E-state index contributed by atoms with van der Waals surface area (Å²) in [6.45, 7) is 4.92. The highest BCUT2D eigenvalue weighted by Gasteiger charge is 2.25. The van der Waals surface area contributed by atoms with E-state index in [1.165, 1.54) is 257 Å². The second-order valence-corrected chi connectivity index (χ2v) is 24.5. The average Bonchev–Trinajstić information content (AvgIpc) is 3.42. The zero-order valence-corrected chi connectivity index (χ0v) is 53.1. The molecule has 0 aromatic carbocycles. The molecule has 0 aliphatic rings. The summed E-state index contributed by atoms with van der Waals surface area (Å²) in [5.41, 5.74) is 0. The van der Waals surface area contributed by atoms with Gasteiger partial charge in [-0.3, -0.25) is 9.59 Å². The summed E-state index contributed by atoms with van der Waals surface area (Å²) in [6, 6.07) is 0. The van der Waals surface area contributed by atoms with Gasteiger partial charge in [0.15, 0.2) is 6.10 Å². The summed E-state index contributed by atoms with van der Waals surface area (Å²) >= 11 is 0. The van der Waals surface area contributed by atoms with Crippen LogP contribution in [0.15, 0.2) is 36.5 Å². The molecule has 0 aromatic heterocycles. The number of likely N-dealkylation sites (N-methyl/N-ethyl adjacent to an activating group) is 1. The molecule has 0 radical (unpaired) electrons. The Morgan fingerprint density at radius 3 is 1.01 bits per heavy atom. The van der Waals surface area contributed by atoms with Crippen LogP contribution in [0, 0.1) is 0 Å². The van der Waals surface area contributed by atoms with Gasteiger partial charge in [-0.2, -0.15) is 0 Å². The second kappa shape index (κ2) is 61.6. The summed E-state index contributed by atoms with van der Waals surface area (Å²) < 4.78 is 23.0. The van der Waals surface area contributed by atoms with Crippen LogP contribution in [0.4, 0.5) is 0 Å². The summed E-state index contributed by atoms with van der Waals surface area (Å²) in [4.78, 5) is 37.5. The number of nitrogens with zero attached hydrogens (tertiary/aromatic N) is 1. The zero-order valence-electron chi connectivity index (χ0n) is 53.1. The van der Waals surface area contributed by atoms with E-state index >= 15 is 0 Å². The van der Waals surface area contributed by atoms with Gasteiger partial charge in [0.25, 0.3) is 6.29 Å². The van der Waals surface area contributed by atoms with Crippen molar-refractivity contribution in [1.82, 2.24) is 0 Å². The molecule has 2 atom stereocenters. The molecule has 0 fully saturated rings. The van der Waals surface area contributed by atoms with E-state index in [-0.39, 0.29) is 38.2 Å². The molecule has 0 bridgehead atoms. The third kappa shape index (κ3) is 63.0. The molecule has 0 aliphatic carbocycles. The number of unbranched alkanes of at least 4 members (excludes halogenated alkanes) is 43. The molecular weight excluding hydrogens is 983 g/mol. The first-order chi connectivity index (χ1) is 38.6. The minimum absolute atomic E-state index is 0.175. The number of hydrogen-bond acceptors (Lipinski definition) is 7. The summed E-state index contributed by atoms with van der Waals surface area (Å²) in [7, 11) is 5.99. The number of hydrogen-bond donors (Lipinski definition) is 1. The van der Waals surface area contributed by atoms with Gasteiger partial charge in [0.1, 0.15) is 13.2 Å². The molecular formula is C70H132NO8+. The minimum atomic E-state index is -1.51. The molecule has 2 unspecified atom stereocenters. The maximum Gasteiger partial charge on any atom is 0.361 e. The Balaban J connectivity index is 3.99. The fourth-order valence-electron chi connectivity index (χ4n) is 10.1. The Labute approximate surface area is 490 Å². The molecule has 1 N–H and O–H groups in total. The van der Waals surface area contributed by atoms with Crippen LogP contribution in [0.5, 0.6) is 0 Å². The Morgan fingerprint density at radius 2 is 0.684 bits per heavy atom. The average molecular weight is 1120 g/mol. The lowest BCUT2D eigenvalue weighted by Crippen LogP contribution is -2.40. The quantitative estimate of drug-likeness (QED) is 0.0211. The lowest BCUT2D eigenvalue weighted by Gasteiger charge is -2.25. The van der Waals surface area contributed by atoms with Crippen molar-refractivity contribution in [2.75, 3.05) is 47.5 Å². The van der Waals surface area contributed by atoms with Gasteiger partial charge in [0.2, 0.25) is 0 Å². The van der Waals surface area contributed by atoms with Gasteiger partial charge in [-0.05, 0) is 51.4 Å². The van der Waals surface area contributed by atoms with E-state index in [4.69, 9.17) is 18.9 Å². The zero-order chi connectivity index (χ0) is 57.6. The third-order valence-corrected chi connectivity index (χ3v) is 15.4. The van der Waals surface area contributed by atoms with E-state index < -0.39 is 18.4 Å². The van der Waals surface area contributed by atoms with Crippen LogP contribution < -0.4 is 0 Å². The fourth-order valence-corrected chi connectivity index (χ4v) is 10.1. The smallest absolute Gasteiger partial charge is 0.361 e. The number of allylic oxidation sites excluding steroid dienone is 6. The highest BCUT2D eigenvalue weighted by molar-refractivity contribution is 5.71. The summed E-state index contributed by atoms with van der Waals surface area (Å²) in [5, 5.41) is 9.72. The predicted octanol–water partition coefficient (Wildman–Crippen LogP) is 20.8. The largest absolute Gasteiger partial charge is 0.477 e. The van der Waals surface area contributed by atoms with Crippen LogP contribution in [0.2, 0.25) is 0 Å². The SMILES string of the molecule is CCCCCCC/C=C\C/C=C\C/C=C\CCCCCCCCCCCCCCCCCCCCCCCCC(=O)OC(COC(=O)CCCCCCCCCCCCCCCCCCC)COC(OCC[N+](C)(C)C)C(=O)O. The molecule has 0 saturated carbocycles. The Kier molecular flexibility index (Phi) is 59.6. The van der Waals surface area contributed by atoms with Crippen molar-refractivity contribution in [2.24, 2.45) is 0 Å². The molecule has 0 saturated heterocycles. The number of quaternary nitrogens is 1. The van der Waals surface area contributed by atoms with Crippen molar-refractivity contribution >= 4 is 17.9 Å². The van der Waals surface area contributed by atoms with Crippen molar-refractivity contribution < 1.29 is 42.9 Å². The number of carboxylic acid groups (broad SMARTS) is 1. The number of rotatable bonds is 64. The first-order valence-corrected chi connectivity index (χ1v) is 34.2. The Bertz CT molecular complexity index is 1390. The molecule has 9 heteroatoms. The molecule has 0 aromatic rings. The monoisotopic (exact) mass is 1110 g/mol. The van der Waals surface area contributed by atoms with Gasteiger partial charge in [0.05, 0.1) is 34.4 Å². The van der Waals surface area contributed by atoms with Crippen molar-refractivity contribution in [2.45, 2.75) is 347 Å². The van der Waals surface area contributed by atoms with Crippen LogP contribution in [0.3, 0.4) is 0 Å². The van der Waals surface area contributed by atoms with E-state index in [2.05, 4.69) is 50.3 Å². The Hall–Kier alpha value is -2.49. The van der Waals surface area contributed by atoms with Crippen molar-refractivity contribution in [3.63, 3.8) is 0 Å². The summed E-state index contributed by atoms with van der Waals surface area (Å²) in [6.07, 6.45) is 74.0. The lowest BCUT2D eigenvalue weighted by molar-refractivity contribution is -0.870. The van der Waals surface area contributed by atoms with Crippen molar-refractivity contribution in [3.8, 4) is 0 Å². The molecule has 0 aliphatic heterocycles. The number of carbonyl (C=O) groups is 3. The van der Waals surface area contributed by atoms with Crippen LogP contribution in [-0.2, 0) is 33.3 Å². The molecule has 464 valence electrons. The van der Waals surface area contributed by atoms with Crippen LogP contribution in [0.25, 0.3) is 0 Å². The van der Waals surface area contributed by atoms with Gasteiger partial charge in [-0.15, -0.1) is 0 Å². The van der Waals surface area contributed by atoms with E-state index in [1.807, 2.05) is 21.1 Å². The lowest BCUT2D eigenvalue weighted by atomic mass is 10.0. The molecule has 0 heterocycles. The molecule has 9 nitrogen and oxygen atoms in total. The van der Waals surface area contributed by atoms with Crippen LogP contribution in [0.1, 0.15) is 335 Å². The predicted molar refractivity (Wildman–Crippen MR) is 337 cm³/mol. The first kappa shape index (κ1) is 76.5. The van der Waals surface area contributed by atoms with Gasteiger partial charge in [0, 0.05) is 12.8 Å². The summed E-state index contributed by atoms with van der Waals surface area (Å²) in [5.74, 6) is -1.98. The van der Waals surface area contributed by atoms with Gasteiger partial charge >= 0.3 is 17.9 Å². The van der Waals surface area contributed by atoms with Crippen LogP contribution in [-0.4, -0.2) is 87.4 Å². The number of aliphatic carboxylic acids is 1. The van der Waals surface area contributed by atoms with E-state index in [0.717, 1.165) is 51.4 Å². The fraction of sp³-hybridized carbons (Fsp3) is 0.871. The van der Waals surface area contributed by atoms with E-state index in [1.54, 1.807) is 0 Å². The normalized spacial score (nSPS) is 12.9. The highest BCUT2D eigenvalue weighted by Crippen LogP contribution is 2.18. The standard InChI is InChI=1S/C70H131NO8/c1-6-8-10-12-14-16-18-20-22-24-25-26-27-28-29-30-31-32-33-34-35-36-37-38-39-40-41-42-43-45-47-49-51-53-55-57-59-61-68(73)79-66(65-78-70(69(74)75)76-63-62-71(3,4)5)64-77-67(72)60-58-56-54-52-50-48-46-44-23-21-19-17-15-13-11-9-7-2/h18,20,24-25,27-28,66,70H,6-17,19,21-23,26,29-65H2,1-5H3/p+1/b20-18-,25-24-,28-27-. The second-order valence-electron chi connectivity index (χ2n) is 24.5. The number of carbonyl (C=O) groups excluding carboxylic acids is 2. The van der Waals surface area contributed by atoms with Crippen LogP contribution >= 0.6 is 0 Å². The highest BCUT2D eigenvalue weighted by atomic mass is 16.7. The Morgan fingerprint density at radius 1 is 0.380 bits per heavy atom. The van der Waals surface area contributed by atoms with E-state index in [0.29, 0.717) is 17.4 Å². The van der Waals surface area contributed by atoms with Gasteiger partial charge in [-0.25, -0.2) is 4.79 Å². The van der Waals surface area contributed by atoms with Crippen molar-refractivity contribution in [3.05, 3.63) is 36.5 Å². The number of ether oxygens (including phenoxy) is 4. The maximum atomic E-state index is 12.9.